The number of unbranched alkanes of at least 4 members (excludes halogenated alkanes) is 1. The van der Waals surface area contributed by atoms with Crippen molar-refractivity contribution in [1.82, 2.24) is 0 Å². The summed E-state index contributed by atoms with van der Waals surface area (Å²) in [6.07, 6.45) is 2.77. The monoisotopic (exact) mass is 463 g/mol. The number of aryl methyl sites for hydroxylation is 1. The molecule has 0 bridgehead atoms. The molecule has 0 N–H and O–H groups in total. The molecule has 0 atom stereocenters. The van der Waals surface area contributed by atoms with Crippen molar-refractivity contribution in [1.29, 1.82) is 0 Å². The largest absolute Gasteiger partial charge is 0.495 e. The van der Waals surface area contributed by atoms with Crippen LogP contribution in [0.25, 0.3) is 11.0 Å². The number of methoxy groups -OCH3 is 2. The van der Waals surface area contributed by atoms with Crippen molar-refractivity contribution < 1.29 is 18.6 Å². The Hall–Kier alpha value is -2.57. The molecule has 0 saturated heterocycles. The van der Waals surface area contributed by atoms with Crippen molar-refractivity contribution in [3.05, 3.63) is 55.9 Å². The second-order valence-corrected chi connectivity index (χ2v) is 8.18. The normalized spacial score (nSPS) is 13.1. The van der Waals surface area contributed by atoms with E-state index in [-0.39, 0.29) is 12.4 Å². The quantitative estimate of drug-likeness (QED) is 0.429. The predicted molar refractivity (Wildman–Crippen MR) is 122 cm³/mol. The number of hydrogen-bond acceptors (Lipinski definition) is 6. The van der Waals surface area contributed by atoms with E-state index < -0.39 is 0 Å². The maximum absolute atomic E-state index is 12.3. The molecular formula is C23H23Cl2NO5. The molecule has 0 amide bonds. The van der Waals surface area contributed by atoms with Crippen LogP contribution in [0, 0.1) is 0 Å². The van der Waals surface area contributed by atoms with Crippen molar-refractivity contribution in [3.8, 4) is 17.2 Å². The Morgan fingerprint density at radius 1 is 1.06 bits per heavy atom. The van der Waals surface area contributed by atoms with E-state index in [1.54, 1.807) is 32.4 Å². The lowest BCUT2D eigenvalue weighted by molar-refractivity contribution is 0.287. The first kappa shape index (κ1) is 21.7. The van der Waals surface area contributed by atoms with Crippen LogP contribution >= 0.6 is 23.2 Å². The van der Waals surface area contributed by atoms with Gasteiger partial charge >= 0.3 is 5.63 Å². The van der Waals surface area contributed by atoms with Gasteiger partial charge in [0.25, 0.3) is 0 Å². The molecule has 1 aromatic heterocycles. The first-order valence-corrected chi connectivity index (χ1v) is 10.8. The first-order valence-electron chi connectivity index (χ1n) is 10.0. The lowest BCUT2D eigenvalue weighted by Gasteiger charge is -2.32. The number of rotatable bonds is 6. The Morgan fingerprint density at radius 2 is 1.84 bits per heavy atom. The fourth-order valence-corrected chi connectivity index (χ4v) is 4.38. The topological polar surface area (TPSA) is 61.1 Å². The van der Waals surface area contributed by atoms with Gasteiger partial charge in [-0.3, -0.25) is 0 Å². The summed E-state index contributed by atoms with van der Waals surface area (Å²) in [6, 6.07) is 6.87. The van der Waals surface area contributed by atoms with Crippen LogP contribution in [0.4, 0.5) is 5.69 Å². The van der Waals surface area contributed by atoms with Gasteiger partial charge in [-0.2, -0.15) is 0 Å². The van der Waals surface area contributed by atoms with Gasteiger partial charge in [-0.1, -0.05) is 36.5 Å². The van der Waals surface area contributed by atoms with E-state index in [0.29, 0.717) is 39.4 Å². The van der Waals surface area contributed by atoms with Gasteiger partial charge in [0.15, 0.2) is 6.73 Å². The number of fused-ring (bicyclic) bond motifs is 3. The summed E-state index contributed by atoms with van der Waals surface area (Å²) >= 11 is 12.9. The second-order valence-electron chi connectivity index (χ2n) is 7.37. The highest BCUT2D eigenvalue weighted by Gasteiger charge is 2.27. The summed E-state index contributed by atoms with van der Waals surface area (Å²) in [4.78, 5) is 14.2. The number of anilines is 1. The highest BCUT2D eigenvalue weighted by atomic mass is 35.5. The van der Waals surface area contributed by atoms with Crippen molar-refractivity contribution >= 4 is 39.9 Å². The van der Waals surface area contributed by atoms with E-state index in [1.165, 1.54) is 0 Å². The molecule has 2 heterocycles. The van der Waals surface area contributed by atoms with Gasteiger partial charge in [-0.05, 0) is 30.5 Å². The molecule has 3 aromatic rings. The SMILES string of the molecule is CCCCc1cc(=O)oc2c3c(c(Cl)cc12)OCN(c1cc(Cl)c(OC)cc1OC)C3. The summed E-state index contributed by atoms with van der Waals surface area (Å²) in [6.45, 7) is 2.75. The van der Waals surface area contributed by atoms with E-state index in [4.69, 9.17) is 41.8 Å². The molecule has 0 aliphatic carbocycles. The van der Waals surface area contributed by atoms with Crippen molar-refractivity contribution in [2.75, 3.05) is 25.9 Å². The average molecular weight is 464 g/mol. The highest BCUT2D eigenvalue weighted by Crippen LogP contribution is 2.44. The van der Waals surface area contributed by atoms with E-state index in [1.807, 2.05) is 11.0 Å². The van der Waals surface area contributed by atoms with Gasteiger partial charge in [0.2, 0.25) is 0 Å². The number of hydrogen-bond donors (Lipinski definition) is 0. The Morgan fingerprint density at radius 3 is 2.55 bits per heavy atom. The minimum atomic E-state index is -0.384. The van der Waals surface area contributed by atoms with Gasteiger partial charge in [0.05, 0.1) is 42.1 Å². The van der Waals surface area contributed by atoms with E-state index in [9.17, 15) is 4.79 Å². The molecule has 31 heavy (non-hydrogen) atoms. The zero-order valence-electron chi connectivity index (χ0n) is 17.6. The molecule has 0 fully saturated rings. The van der Waals surface area contributed by atoms with Gasteiger partial charge in [0.1, 0.15) is 22.8 Å². The first-order chi connectivity index (χ1) is 15.0. The number of halogens is 2. The van der Waals surface area contributed by atoms with E-state index in [0.717, 1.165) is 41.5 Å². The Kier molecular flexibility index (Phi) is 6.21. The van der Waals surface area contributed by atoms with Gasteiger partial charge in [0, 0.05) is 17.5 Å². The van der Waals surface area contributed by atoms with Gasteiger partial charge in [-0.15, -0.1) is 0 Å². The molecule has 0 spiro atoms. The maximum Gasteiger partial charge on any atom is 0.336 e. The van der Waals surface area contributed by atoms with Gasteiger partial charge in [-0.25, -0.2) is 4.79 Å². The van der Waals surface area contributed by atoms with Crippen LogP contribution in [0.3, 0.4) is 0 Å². The standard InChI is InChI=1S/C23H23Cl2NO5/c1-4-5-6-13-7-21(27)31-22-14(13)8-17(25)23-15(22)11-26(12-30-23)18-9-16(24)19(28-2)10-20(18)29-3/h7-10H,4-6,11-12H2,1-3H3. The predicted octanol–water partition coefficient (Wildman–Crippen LogP) is 5.82. The fraction of sp³-hybridized carbons (Fsp3) is 0.348. The van der Waals surface area contributed by atoms with Crippen LogP contribution in [-0.2, 0) is 13.0 Å². The summed E-state index contributed by atoms with van der Waals surface area (Å²) in [5.74, 6) is 1.63. The minimum absolute atomic E-state index is 0.233. The Balaban J connectivity index is 1.84. The molecule has 0 radical (unpaired) electrons. The lowest BCUT2D eigenvalue weighted by Crippen LogP contribution is -2.32. The summed E-state index contributed by atoms with van der Waals surface area (Å²) in [5.41, 5.74) is 2.50. The van der Waals surface area contributed by atoms with Crippen LogP contribution in [0.2, 0.25) is 10.0 Å². The van der Waals surface area contributed by atoms with Crippen molar-refractivity contribution in [2.45, 2.75) is 32.7 Å². The molecule has 0 saturated carbocycles. The molecular weight excluding hydrogens is 441 g/mol. The van der Waals surface area contributed by atoms with Crippen molar-refractivity contribution in [3.63, 3.8) is 0 Å². The second kappa shape index (κ2) is 8.89. The molecule has 0 unspecified atom stereocenters. The van der Waals surface area contributed by atoms with Crippen LogP contribution in [0.15, 0.2) is 33.5 Å². The zero-order valence-corrected chi connectivity index (χ0v) is 19.1. The van der Waals surface area contributed by atoms with Crippen LogP contribution < -0.4 is 24.7 Å². The average Bonchev–Trinajstić information content (AvgIpc) is 2.77. The number of ether oxygens (including phenoxy) is 3. The summed E-state index contributed by atoms with van der Waals surface area (Å²) in [5, 5.41) is 1.78. The molecule has 8 heteroatoms. The molecule has 2 aromatic carbocycles. The third kappa shape index (κ3) is 4.02. The van der Waals surface area contributed by atoms with Crippen LogP contribution in [0.1, 0.15) is 30.9 Å². The van der Waals surface area contributed by atoms with Crippen molar-refractivity contribution in [2.24, 2.45) is 0 Å². The number of benzene rings is 2. The summed E-state index contributed by atoms with van der Waals surface area (Å²) in [7, 11) is 3.13. The fourth-order valence-electron chi connectivity index (χ4n) is 3.87. The molecule has 1 aliphatic rings. The Labute approximate surface area is 190 Å². The van der Waals surface area contributed by atoms with E-state index in [2.05, 4.69) is 6.92 Å². The minimum Gasteiger partial charge on any atom is -0.495 e. The van der Waals surface area contributed by atoms with Gasteiger partial charge < -0.3 is 23.5 Å². The molecule has 4 rings (SSSR count). The molecule has 1 aliphatic heterocycles. The van der Waals surface area contributed by atoms with Crippen LogP contribution in [-0.4, -0.2) is 21.0 Å². The smallest absolute Gasteiger partial charge is 0.336 e. The summed E-state index contributed by atoms with van der Waals surface area (Å²) < 4.78 is 22.5. The molecule has 6 nitrogen and oxygen atoms in total. The zero-order chi connectivity index (χ0) is 22.1. The highest BCUT2D eigenvalue weighted by molar-refractivity contribution is 6.33. The number of nitrogens with zero attached hydrogens (tertiary/aromatic N) is 1. The van der Waals surface area contributed by atoms with E-state index >= 15 is 0 Å². The lowest BCUT2D eigenvalue weighted by atomic mass is 10.0. The maximum atomic E-state index is 12.3. The van der Waals surface area contributed by atoms with Crippen LogP contribution in [0.5, 0.6) is 17.2 Å². The molecule has 164 valence electrons. The third-order valence-electron chi connectivity index (χ3n) is 5.43. The Bertz CT molecular complexity index is 1190. The third-order valence-corrected chi connectivity index (χ3v) is 6.00.